The second-order valence-electron chi connectivity index (χ2n) is 3.44. The Morgan fingerprint density at radius 1 is 1.19 bits per heavy atom. The first-order chi connectivity index (χ1) is 7.69. The molecular formula is C12H13N3O. The third kappa shape index (κ3) is 2.98. The van der Waals surface area contributed by atoms with Gasteiger partial charge in [-0.05, 0) is 24.6 Å². The predicted octanol–water partition coefficient (Wildman–Crippen LogP) is 1.59. The van der Waals surface area contributed by atoms with E-state index in [1.165, 1.54) is 0 Å². The van der Waals surface area contributed by atoms with Gasteiger partial charge in [0.25, 0.3) is 0 Å². The second kappa shape index (κ2) is 5.75. The van der Waals surface area contributed by atoms with E-state index in [4.69, 9.17) is 10.5 Å². The molecular weight excluding hydrogens is 202 g/mol. The molecule has 0 spiro atoms. The molecule has 0 saturated heterocycles. The smallest absolute Gasteiger partial charge is 0.106 e. The van der Waals surface area contributed by atoms with Gasteiger partial charge in [0.05, 0.1) is 18.2 Å². The Morgan fingerprint density at radius 2 is 1.69 bits per heavy atom. The molecule has 0 radical (unpaired) electrons. The van der Waals surface area contributed by atoms with E-state index >= 15 is 0 Å². The lowest BCUT2D eigenvalue weighted by Crippen LogP contribution is -2.23. The van der Waals surface area contributed by atoms with Gasteiger partial charge >= 0.3 is 0 Å². The van der Waals surface area contributed by atoms with Gasteiger partial charge < -0.3 is 10.0 Å². The predicted molar refractivity (Wildman–Crippen MR) is 60.5 cm³/mol. The van der Waals surface area contributed by atoms with Crippen LogP contribution in [0.15, 0.2) is 24.3 Å². The summed E-state index contributed by atoms with van der Waals surface area (Å²) >= 11 is 0. The van der Waals surface area contributed by atoms with E-state index < -0.39 is 6.10 Å². The summed E-state index contributed by atoms with van der Waals surface area (Å²) in [5, 5.41) is 26.6. The van der Waals surface area contributed by atoms with E-state index in [0.29, 0.717) is 0 Å². The Hall–Kier alpha value is -2.04. The van der Waals surface area contributed by atoms with Crippen LogP contribution in [0.25, 0.3) is 0 Å². The highest BCUT2D eigenvalue weighted by Crippen LogP contribution is 2.18. The topological polar surface area (TPSA) is 71.0 Å². The minimum atomic E-state index is -0.505. The first kappa shape index (κ1) is 12.0. The minimum absolute atomic E-state index is 0.182. The van der Waals surface area contributed by atoms with Crippen molar-refractivity contribution in [2.24, 2.45) is 0 Å². The number of anilines is 1. The summed E-state index contributed by atoms with van der Waals surface area (Å²) in [6, 6.07) is 11.2. The molecule has 0 aromatic heterocycles. The van der Waals surface area contributed by atoms with Gasteiger partial charge in [-0.2, -0.15) is 10.5 Å². The van der Waals surface area contributed by atoms with E-state index in [-0.39, 0.29) is 13.1 Å². The Kier molecular flexibility index (Phi) is 4.32. The maximum Gasteiger partial charge on any atom is 0.106 e. The highest BCUT2D eigenvalue weighted by atomic mass is 16.3. The number of hydrogen-bond acceptors (Lipinski definition) is 4. The van der Waals surface area contributed by atoms with Crippen molar-refractivity contribution in [3.63, 3.8) is 0 Å². The maximum absolute atomic E-state index is 9.34. The Bertz CT molecular complexity index is 395. The van der Waals surface area contributed by atoms with Gasteiger partial charge in [0.15, 0.2) is 0 Å². The van der Waals surface area contributed by atoms with E-state index in [9.17, 15) is 5.11 Å². The Morgan fingerprint density at radius 3 is 2.06 bits per heavy atom. The molecule has 0 bridgehead atoms. The van der Waals surface area contributed by atoms with Crippen molar-refractivity contribution in [2.75, 3.05) is 18.0 Å². The monoisotopic (exact) mass is 215 g/mol. The largest absolute Gasteiger partial charge is 0.389 e. The van der Waals surface area contributed by atoms with Crippen LogP contribution in [0.2, 0.25) is 0 Å². The number of benzene rings is 1. The lowest BCUT2D eigenvalue weighted by Gasteiger charge is -2.18. The molecule has 0 amide bonds. The standard InChI is InChI=1S/C12H13N3O/c1-10(16)11-2-4-12(5-3-11)15(8-6-13)9-7-14/h2-5,10,16H,8-9H2,1H3/t10-/m0/s1. The van der Waals surface area contributed by atoms with Gasteiger partial charge in [0, 0.05) is 5.69 Å². The van der Waals surface area contributed by atoms with Gasteiger partial charge in [-0.15, -0.1) is 0 Å². The zero-order valence-electron chi connectivity index (χ0n) is 9.09. The summed E-state index contributed by atoms with van der Waals surface area (Å²) in [4.78, 5) is 1.67. The van der Waals surface area contributed by atoms with Gasteiger partial charge in [-0.1, -0.05) is 12.1 Å². The van der Waals surface area contributed by atoms with Gasteiger partial charge in [0.2, 0.25) is 0 Å². The van der Waals surface area contributed by atoms with E-state index in [1.807, 2.05) is 12.1 Å². The van der Waals surface area contributed by atoms with E-state index in [0.717, 1.165) is 11.3 Å². The fraction of sp³-hybridized carbons (Fsp3) is 0.333. The van der Waals surface area contributed by atoms with Gasteiger partial charge in [-0.3, -0.25) is 0 Å². The van der Waals surface area contributed by atoms with Crippen LogP contribution in [0.3, 0.4) is 0 Å². The van der Waals surface area contributed by atoms with Crippen LogP contribution in [-0.4, -0.2) is 18.2 Å². The summed E-state index contributed by atoms with van der Waals surface area (Å²) in [5.41, 5.74) is 1.63. The van der Waals surface area contributed by atoms with E-state index in [1.54, 1.807) is 36.1 Å². The van der Waals surface area contributed by atoms with Crippen LogP contribution >= 0.6 is 0 Å². The van der Waals surface area contributed by atoms with E-state index in [2.05, 4.69) is 0 Å². The zero-order valence-corrected chi connectivity index (χ0v) is 9.09. The number of hydrogen-bond donors (Lipinski definition) is 1. The fourth-order valence-electron chi connectivity index (χ4n) is 1.37. The second-order valence-corrected chi connectivity index (χ2v) is 3.44. The molecule has 1 rings (SSSR count). The van der Waals surface area contributed by atoms with Crippen molar-refractivity contribution in [3.05, 3.63) is 29.8 Å². The number of nitriles is 2. The first-order valence-corrected chi connectivity index (χ1v) is 4.96. The minimum Gasteiger partial charge on any atom is -0.389 e. The molecule has 1 aromatic carbocycles. The van der Waals surface area contributed by atoms with Crippen molar-refractivity contribution >= 4 is 5.69 Å². The summed E-state index contributed by atoms with van der Waals surface area (Å²) in [6.45, 7) is 2.06. The maximum atomic E-state index is 9.34. The summed E-state index contributed by atoms with van der Waals surface area (Å²) in [6.07, 6.45) is -0.505. The Labute approximate surface area is 95.0 Å². The number of aliphatic hydroxyl groups is 1. The number of rotatable bonds is 4. The SMILES string of the molecule is C[C@H](O)c1ccc(N(CC#N)CC#N)cc1. The molecule has 0 aliphatic heterocycles. The van der Waals surface area contributed by atoms with Crippen LogP contribution in [-0.2, 0) is 0 Å². The molecule has 4 heteroatoms. The van der Waals surface area contributed by atoms with Crippen molar-refractivity contribution in [1.82, 2.24) is 0 Å². The van der Waals surface area contributed by atoms with Crippen LogP contribution in [0.1, 0.15) is 18.6 Å². The molecule has 1 N–H and O–H groups in total. The Balaban J connectivity index is 2.86. The number of aliphatic hydroxyl groups excluding tert-OH is 1. The summed E-state index contributed by atoms with van der Waals surface area (Å²) in [5.74, 6) is 0. The molecule has 0 fully saturated rings. The molecule has 82 valence electrons. The van der Waals surface area contributed by atoms with Gasteiger partial charge in [-0.25, -0.2) is 0 Å². The fourth-order valence-corrected chi connectivity index (χ4v) is 1.37. The van der Waals surface area contributed by atoms with Crippen molar-refractivity contribution in [1.29, 1.82) is 10.5 Å². The third-order valence-electron chi connectivity index (χ3n) is 2.26. The molecule has 0 unspecified atom stereocenters. The van der Waals surface area contributed by atoms with Crippen LogP contribution in [0.5, 0.6) is 0 Å². The molecule has 1 aromatic rings. The van der Waals surface area contributed by atoms with Crippen molar-refractivity contribution in [2.45, 2.75) is 13.0 Å². The highest BCUT2D eigenvalue weighted by molar-refractivity contribution is 5.49. The summed E-state index contributed by atoms with van der Waals surface area (Å²) < 4.78 is 0. The summed E-state index contributed by atoms with van der Waals surface area (Å²) in [7, 11) is 0. The molecule has 0 aliphatic carbocycles. The number of nitrogens with zero attached hydrogens (tertiary/aromatic N) is 3. The average Bonchev–Trinajstić information content (AvgIpc) is 2.29. The zero-order chi connectivity index (χ0) is 12.0. The molecule has 1 atom stereocenters. The van der Waals surface area contributed by atoms with Gasteiger partial charge in [0.1, 0.15) is 13.1 Å². The lowest BCUT2D eigenvalue weighted by molar-refractivity contribution is 0.199. The van der Waals surface area contributed by atoms with Crippen molar-refractivity contribution in [3.8, 4) is 12.1 Å². The lowest BCUT2D eigenvalue weighted by atomic mass is 10.1. The average molecular weight is 215 g/mol. The molecule has 16 heavy (non-hydrogen) atoms. The normalized spacial score (nSPS) is 11.2. The molecule has 0 heterocycles. The molecule has 4 nitrogen and oxygen atoms in total. The molecule has 0 saturated carbocycles. The van der Waals surface area contributed by atoms with Crippen LogP contribution < -0.4 is 4.90 Å². The highest BCUT2D eigenvalue weighted by Gasteiger charge is 2.06. The van der Waals surface area contributed by atoms with Crippen molar-refractivity contribution < 1.29 is 5.11 Å². The third-order valence-corrected chi connectivity index (χ3v) is 2.26. The molecule has 0 aliphatic rings. The first-order valence-electron chi connectivity index (χ1n) is 4.96. The quantitative estimate of drug-likeness (QED) is 0.774. The van der Waals surface area contributed by atoms with Crippen LogP contribution in [0.4, 0.5) is 5.69 Å². The van der Waals surface area contributed by atoms with Crippen LogP contribution in [0, 0.1) is 22.7 Å².